The second kappa shape index (κ2) is 6.30. The van der Waals surface area contributed by atoms with Crippen LogP contribution in [0.3, 0.4) is 0 Å². The highest BCUT2D eigenvalue weighted by molar-refractivity contribution is 7.79. The number of nitro groups is 1. The maximum atomic E-state index is 10.4. The maximum Gasteiger partial charge on any atom is 0.461 e. The molecule has 0 aromatic heterocycles. The standard InChI is InChI=1S/C6H4N4O4.H2O4S/c7-8-5-2-1-4(9(11)12)3-6(5)10(13)14;1-5(2,3)4/h1-3H,(H,11,12);(H2,1,2,3,4)/q+2;. The first-order valence-electron chi connectivity index (χ1n) is 4.06. The summed E-state index contributed by atoms with van der Waals surface area (Å²) in [6.07, 6.45) is 0. The quantitative estimate of drug-likeness (QED) is 0.312. The molecule has 0 saturated carbocycles. The van der Waals surface area contributed by atoms with Gasteiger partial charge in [-0.2, -0.15) is 8.42 Å². The van der Waals surface area contributed by atoms with Crippen LogP contribution in [0.2, 0.25) is 0 Å². The Labute approximate surface area is 104 Å². The van der Waals surface area contributed by atoms with Gasteiger partial charge in [0.1, 0.15) is 6.07 Å². The van der Waals surface area contributed by atoms with Crippen molar-refractivity contribution in [2.75, 3.05) is 0 Å². The summed E-state index contributed by atoms with van der Waals surface area (Å²) >= 11 is 0. The van der Waals surface area contributed by atoms with Crippen molar-refractivity contribution in [3.8, 4) is 0 Å². The summed E-state index contributed by atoms with van der Waals surface area (Å²) in [6, 6.07) is 2.91. The molecule has 0 aliphatic rings. The van der Waals surface area contributed by atoms with Crippen molar-refractivity contribution in [3.05, 3.63) is 38.2 Å². The topological polar surface area (TPSA) is 186 Å². The number of diazo groups is 1. The van der Waals surface area contributed by atoms with Gasteiger partial charge >= 0.3 is 27.5 Å². The Kier molecular flexibility index (Phi) is 5.41. The predicted octanol–water partition coefficient (Wildman–Crippen LogP) is 1.23. The Morgan fingerprint density at radius 2 is 1.74 bits per heavy atom. The van der Waals surface area contributed by atoms with Crippen LogP contribution in [0.1, 0.15) is 0 Å². The van der Waals surface area contributed by atoms with E-state index >= 15 is 0 Å². The SMILES string of the molecule is N#[N+]c1ccc([N+](=O)O)cc1[N+](=O)[O-].O=S(=O)(O)O. The molecule has 19 heavy (non-hydrogen) atoms. The molecule has 0 atom stereocenters. The van der Waals surface area contributed by atoms with Crippen LogP contribution >= 0.6 is 0 Å². The molecule has 0 spiro atoms. The highest BCUT2D eigenvalue weighted by atomic mass is 32.3. The van der Waals surface area contributed by atoms with Crippen LogP contribution in [-0.2, 0) is 10.4 Å². The molecular formula is C6H6N4O8S+2. The van der Waals surface area contributed by atoms with E-state index in [4.69, 9.17) is 28.1 Å². The first-order chi connectivity index (χ1) is 8.56. The van der Waals surface area contributed by atoms with Crippen LogP contribution in [0, 0.1) is 20.4 Å². The van der Waals surface area contributed by atoms with Gasteiger partial charge in [-0.25, -0.2) is 5.21 Å². The minimum absolute atomic E-state index is 0.291. The van der Waals surface area contributed by atoms with E-state index in [-0.39, 0.29) is 11.4 Å². The Morgan fingerprint density at radius 1 is 1.26 bits per heavy atom. The van der Waals surface area contributed by atoms with Crippen molar-refractivity contribution in [3.63, 3.8) is 0 Å². The van der Waals surface area contributed by atoms with Crippen molar-refractivity contribution in [2.24, 2.45) is 0 Å². The van der Waals surface area contributed by atoms with Gasteiger partial charge in [0.25, 0.3) is 4.92 Å². The van der Waals surface area contributed by atoms with E-state index < -0.39 is 25.9 Å². The van der Waals surface area contributed by atoms with Crippen LogP contribution in [0.25, 0.3) is 4.98 Å². The summed E-state index contributed by atoms with van der Waals surface area (Å²) in [5.74, 6) is 0. The van der Waals surface area contributed by atoms with E-state index in [1.54, 1.807) is 0 Å². The molecule has 12 nitrogen and oxygen atoms in total. The maximum absolute atomic E-state index is 10.4. The zero-order chi connectivity index (χ0) is 15.2. The summed E-state index contributed by atoms with van der Waals surface area (Å²) in [5, 5.41) is 27.2. The second-order valence-electron chi connectivity index (χ2n) is 2.75. The van der Waals surface area contributed by atoms with Gasteiger partial charge < -0.3 is 0 Å². The monoisotopic (exact) mass is 294 g/mol. The number of nitro benzene ring substituents is 1. The molecular weight excluding hydrogens is 288 g/mol. The Morgan fingerprint density at radius 3 is 2.05 bits per heavy atom. The Bertz CT molecular complexity index is 640. The van der Waals surface area contributed by atoms with E-state index in [1.165, 1.54) is 0 Å². The van der Waals surface area contributed by atoms with Gasteiger partial charge in [0.05, 0.1) is 9.83 Å². The molecule has 0 saturated heterocycles. The summed E-state index contributed by atoms with van der Waals surface area (Å²) < 4.78 is 31.6. The van der Waals surface area contributed by atoms with Crippen molar-refractivity contribution < 1.29 is 32.6 Å². The fourth-order valence-corrected chi connectivity index (χ4v) is 0.862. The summed E-state index contributed by atoms with van der Waals surface area (Å²) in [5.41, 5.74) is -1.18. The first kappa shape index (κ1) is 16.3. The van der Waals surface area contributed by atoms with Gasteiger partial charge in [-0.15, -0.1) is 0 Å². The Balaban J connectivity index is 0.000000555. The molecule has 1 aromatic carbocycles. The molecule has 1 rings (SSSR count). The first-order valence-corrected chi connectivity index (χ1v) is 5.45. The zero-order valence-corrected chi connectivity index (χ0v) is 9.63. The fourth-order valence-electron chi connectivity index (χ4n) is 0.862. The molecule has 3 N–H and O–H groups in total. The molecule has 0 aliphatic carbocycles. The summed E-state index contributed by atoms with van der Waals surface area (Å²) in [6.45, 7) is 0. The number of hydrogen-bond donors (Lipinski definition) is 3. The van der Waals surface area contributed by atoms with Crippen LogP contribution in [0.4, 0.5) is 17.1 Å². The van der Waals surface area contributed by atoms with Crippen molar-refractivity contribution in [1.29, 1.82) is 5.39 Å². The zero-order valence-electron chi connectivity index (χ0n) is 8.81. The van der Waals surface area contributed by atoms with Crippen molar-refractivity contribution >= 4 is 27.5 Å². The third-order valence-electron chi connectivity index (χ3n) is 1.48. The highest BCUT2D eigenvalue weighted by Gasteiger charge is 2.29. The molecule has 0 fully saturated rings. The fraction of sp³-hybridized carbons (Fsp3) is 0. The molecule has 0 amide bonds. The van der Waals surface area contributed by atoms with Gasteiger partial charge in [-0.3, -0.25) is 19.2 Å². The third-order valence-corrected chi connectivity index (χ3v) is 1.48. The van der Waals surface area contributed by atoms with Crippen molar-refractivity contribution in [1.82, 2.24) is 0 Å². The summed E-state index contributed by atoms with van der Waals surface area (Å²) in [7, 11) is -4.67. The predicted molar refractivity (Wildman–Crippen MR) is 57.1 cm³/mol. The number of nitrogens with zero attached hydrogens (tertiary/aromatic N) is 4. The third kappa shape index (κ3) is 6.58. The largest absolute Gasteiger partial charge is 0.461 e. The molecule has 0 radical (unpaired) electrons. The molecule has 0 heterocycles. The van der Waals surface area contributed by atoms with Gasteiger partial charge in [-0.05, 0) is 0 Å². The van der Waals surface area contributed by atoms with Gasteiger partial charge in [-0.1, -0.05) is 0 Å². The van der Waals surface area contributed by atoms with Crippen LogP contribution in [0.15, 0.2) is 18.2 Å². The number of benzene rings is 1. The number of rotatable bonds is 2. The molecule has 13 heteroatoms. The molecule has 1 aromatic rings. The lowest BCUT2D eigenvalue weighted by Crippen LogP contribution is -1.94. The average Bonchev–Trinajstić information content (AvgIpc) is 2.25. The lowest BCUT2D eigenvalue weighted by molar-refractivity contribution is -0.729. The second-order valence-corrected chi connectivity index (χ2v) is 3.65. The van der Waals surface area contributed by atoms with E-state index in [2.05, 4.69) is 4.98 Å². The Hall–Kier alpha value is -2.69. The van der Waals surface area contributed by atoms with Crippen molar-refractivity contribution in [2.45, 2.75) is 0 Å². The number of hydrogen-bond acceptors (Lipinski definition) is 6. The molecule has 102 valence electrons. The lowest BCUT2D eigenvalue weighted by Gasteiger charge is -1.85. The van der Waals surface area contributed by atoms with Gasteiger partial charge in [0, 0.05) is 12.1 Å². The average molecular weight is 294 g/mol. The highest BCUT2D eigenvalue weighted by Crippen LogP contribution is 2.30. The van der Waals surface area contributed by atoms with Crippen LogP contribution in [-0.4, -0.2) is 32.6 Å². The minimum atomic E-state index is -4.67. The lowest BCUT2D eigenvalue weighted by atomic mass is 10.2. The van der Waals surface area contributed by atoms with E-state index in [0.717, 1.165) is 18.2 Å². The van der Waals surface area contributed by atoms with E-state index in [1.807, 2.05) is 0 Å². The minimum Gasteiger partial charge on any atom is -0.264 e. The van der Waals surface area contributed by atoms with E-state index in [9.17, 15) is 15.0 Å². The molecule has 0 aliphatic heterocycles. The van der Waals surface area contributed by atoms with Gasteiger partial charge in [0.2, 0.25) is 5.39 Å². The van der Waals surface area contributed by atoms with Crippen LogP contribution < -0.4 is 0 Å². The normalized spacial score (nSPS) is 9.74. The van der Waals surface area contributed by atoms with E-state index in [0.29, 0.717) is 0 Å². The summed E-state index contributed by atoms with van der Waals surface area (Å²) in [4.78, 5) is 22.1. The van der Waals surface area contributed by atoms with Crippen LogP contribution in [0.5, 0.6) is 0 Å². The smallest absolute Gasteiger partial charge is 0.264 e. The molecule has 0 unspecified atom stereocenters. The molecule has 0 bridgehead atoms. The van der Waals surface area contributed by atoms with Gasteiger partial charge in [0.15, 0.2) is 4.98 Å².